The van der Waals surface area contributed by atoms with Crippen molar-refractivity contribution < 1.29 is 0 Å². The number of hydrogen-bond acceptors (Lipinski definition) is 5. The SMILES string of the molecule is CCCCN(C)c1cnnc(Nc2cccc(Cl)c2Cl)n1. The molecule has 7 heteroatoms. The topological polar surface area (TPSA) is 53.9 Å². The highest BCUT2D eigenvalue weighted by Gasteiger charge is 2.08. The molecule has 0 aliphatic heterocycles. The van der Waals surface area contributed by atoms with E-state index in [9.17, 15) is 0 Å². The molecule has 1 aromatic heterocycles. The average molecular weight is 326 g/mol. The van der Waals surface area contributed by atoms with Gasteiger partial charge in [0.1, 0.15) is 0 Å². The Bertz CT molecular complexity index is 606. The summed E-state index contributed by atoms with van der Waals surface area (Å²) in [6.45, 7) is 3.08. The minimum absolute atomic E-state index is 0.389. The number of hydrogen-bond donors (Lipinski definition) is 1. The van der Waals surface area contributed by atoms with Crippen molar-refractivity contribution in [1.29, 1.82) is 0 Å². The molecule has 0 atom stereocenters. The van der Waals surface area contributed by atoms with Crippen molar-refractivity contribution in [3.8, 4) is 0 Å². The number of nitrogens with zero attached hydrogens (tertiary/aromatic N) is 4. The molecular weight excluding hydrogens is 309 g/mol. The van der Waals surface area contributed by atoms with Gasteiger partial charge in [0.05, 0.1) is 21.9 Å². The van der Waals surface area contributed by atoms with Crippen LogP contribution in [0.5, 0.6) is 0 Å². The zero-order valence-electron chi connectivity index (χ0n) is 12.0. The molecule has 1 heterocycles. The lowest BCUT2D eigenvalue weighted by atomic mass is 10.3. The monoisotopic (exact) mass is 325 g/mol. The molecule has 0 aliphatic rings. The third-order valence-corrected chi connectivity index (χ3v) is 3.80. The minimum Gasteiger partial charge on any atom is -0.358 e. The fourth-order valence-corrected chi connectivity index (χ4v) is 2.11. The lowest BCUT2D eigenvalue weighted by Gasteiger charge is -2.17. The van der Waals surface area contributed by atoms with Gasteiger partial charge in [-0.3, -0.25) is 0 Å². The summed E-state index contributed by atoms with van der Waals surface area (Å²) in [6.07, 6.45) is 3.87. The van der Waals surface area contributed by atoms with Crippen LogP contribution in [0.4, 0.5) is 17.5 Å². The van der Waals surface area contributed by atoms with Gasteiger partial charge >= 0.3 is 0 Å². The lowest BCUT2D eigenvalue weighted by molar-refractivity contribution is 0.754. The number of nitrogens with one attached hydrogen (secondary N) is 1. The first kappa shape index (κ1) is 15.8. The Morgan fingerprint density at radius 1 is 1.29 bits per heavy atom. The summed E-state index contributed by atoms with van der Waals surface area (Å²) in [6, 6.07) is 5.34. The summed E-state index contributed by atoms with van der Waals surface area (Å²) in [5.41, 5.74) is 0.652. The van der Waals surface area contributed by atoms with Crippen LogP contribution >= 0.6 is 23.2 Å². The van der Waals surface area contributed by atoms with Crippen LogP contribution in [0.15, 0.2) is 24.4 Å². The second-order valence-electron chi connectivity index (χ2n) is 4.64. The molecular formula is C14H17Cl2N5. The molecule has 5 nitrogen and oxygen atoms in total. The van der Waals surface area contributed by atoms with E-state index in [1.165, 1.54) is 0 Å². The highest BCUT2D eigenvalue weighted by atomic mass is 35.5. The van der Waals surface area contributed by atoms with Crippen LogP contribution in [-0.4, -0.2) is 28.8 Å². The van der Waals surface area contributed by atoms with Crippen LogP contribution in [0.2, 0.25) is 10.0 Å². The second kappa shape index (κ2) is 7.43. The van der Waals surface area contributed by atoms with Gasteiger partial charge in [-0.25, -0.2) is 0 Å². The van der Waals surface area contributed by atoms with E-state index in [0.29, 0.717) is 21.7 Å². The van der Waals surface area contributed by atoms with E-state index in [-0.39, 0.29) is 0 Å². The molecule has 21 heavy (non-hydrogen) atoms. The van der Waals surface area contributed by atoms with E-state index in [4.69, 9.17) is 23.2 Å². The van der Waals surface area contributed by atoms with Crippen LogP contribution in [-0.2, 0) is 0 Å². The largest absolute Gasteiger partial charge is 0.358 e. The van der Waals surface area contributed by atoms with Gasteiger partial charge in [0.15, 0.2) is 5.82 Å². The molecule has 1 aromatic carbocycles. The Labute approximate surface area is 134 Å². The van der Waals surface area contributed by atoms with Crippen molar-refractivity contribution in [3.63, 3.8) is 0 Å². The highest BCUT2D eigenvalue weighted by Crippen LogP contribution is 2.30. The van der Waals surface area contributed by atoms with E-state index in [1.54, 1.807) is 18.3 Å². The predicted molar refractivity (Wildman–Crippen MR) is 87.7 cm³/mol. The smallest absolute Gasteiger partial charge is 0.249 e. The molecule has 0 fully saturated rings. The van der Waals surface area contributed by atoms with Crippen LogP contribution in [0.25, 0.3) is 0 Å². The number of benzene rings is 1. The maximum atomic E-state index is 6.13. The molecule has 2 aromatic rings. The van der Waals surface area contributed by atoms with Gasteiger partial charge in [0.2, 0.25) is 5.95 Å². The molecule has 0 saturated heterocycles. The molecule has 0 bridgehead atoms. The summed E-state index contributed by atoms with van der Waals surface area (Å²) >= 11 is 12.1. The first-order chi connectivity index (χ1) is 10.1. The number of aromatic nitrogens is 3. The first-order valence-electron chi connectivity index (χ1n) is 6.73. The Morgan fingerprint density at radius 3 is 2.86 bits per heavy atom. The van der Waals surface area contributed by atoms with Gasteiger partial charge in [-0.1, -0.05) is 42.6 Å². The molecule has 2 rings (SSSR count). The number of anilines is 3. The number of unbranched alkanes of at least 4 members (excludes halogenated alkanes) is 1. The van der Waals surface area contributed by atoms with Gasteiger partial charge < -0.3 is 10.2 Å². The average Bonchev–Trinajstić information content (AvgIpc) is 2.50. The Balaban J connectivity index is 2.16. The summed E-state index contributed by atoms with van der Waals surface area (Å²) in [4.78, 5) is 6.48. The quantitative estimate of drug-likeness (QED) is 0.864. The molecule has 112 valence electrons. The molecule has 0 spiro atoms. The number of rotatable bonds is 6. The maximum absolute atomic E-state index is 6.13. The highest BCUT2D eigenvalue weighted by molar-refractivity contribution is 6.43. The second-order valence-corrected chi connectivity index (χ2v) is 5.42. The number of halogens is 2. The standard InChI is InChI=1S/C14H17Cl2N5/c1-3-4-8-21(2)12-9-17-20-14(19-12)18-11-7-5-6-10(15)13(11)16/h5-7,9H,3-4,8H2,1-2H3,(H,18,19,20). The van der Waals surface area contributed by atoms with E-state index >= 15 is 0 Å². The normalized spacial score (nSPS) is 10.5. The van der Waals surface area contributed by atoms with Gasteiger partial charge in [0, 0.05) is 13.6 Å². The fraction of sp³-hybridized carbons (Fsp3) is 0.357. The van der Waals surface area contributed by atoms with Gasteiger partial charge in [0.25, 0.3) is 0 Å². The molecule has 0 saturated carbocycles. The van der Waals surface area contributed by atoms with Crippen LogP contribution in [0.3, 0.4) is 0 Å². The van der Waals surface area contributed by atoms with Crippen molar-refractivity contribution in [1.82, 2.24) is 15.2 Å². The zero-order valence-corrected chi connectivity index (χ0v) is 13.5. The minimum atomic E-state index is 0.389. The Kier molecular flexibility index (Phi) is 5.59. The summed E-state index contributed by atoms with van der Waals surface area (Å²) in [7, 11) is 1.98. The van der Waals surface area contributed by atoms with Gasteiger partial charge in [-0.15, -0.1) is 5.10 Å². The summed E-state index contributed by atoms with van der Waals surface area (Å²) < 4.78 is 0. The van der Waals surface area contributed by atoms with Crippen LogP contribution < -0.4 is 10.2 Å². The summed E-state index contributed by atoms with van der Waals surface area (Å²) in [5.74, 6) is 1.15. The van der Waals surface area contributed by atoms with Crippen molar-refractivity contribution in [2.45, 2.75) is 19.8 Å². The van der Waals surface area contributed by atoms with Crippen molar-refractivity contribution in [2.75, 3.05) is 23.8 Å². The maximum Gasteiger partial charge on any atom is 0.249 e. The Morgan fingerprint density at radius 2 is 2.10 bits per heavy atom. The van der Waals surface area contributed by atoms with Gasteiger partial charge in [-0.2, -0.15) is 10.1 Å². The molecule has 0 radical (unpaired) electrons. The van der Waals surface area contributed by atoms with E-state index in [0.717, 1.165) is 25.2 Å². The first-order valence-corrected chi connectivity index (χ1v) is 7.49. The van der Waals surface area contributed by atoms with E-state index < -0.39 is 0 Å². The van der Waals surface area contributed by atoms with Crippen molar-refractivity contribution in [3.05, 3.63) is 34.4 Å². The Hall–Kier alpha value is -1.59. The van der Waals surface area contributed by atoms with Crippen LogP contribution in [0.1, 0.15) is 19.8 Å². The van der Waals surface area contributed by atoms with Gasteiger partial charge in [-0.05, 0) is 18.6 Å². The van der Waals surface area contributed by atoms with Crippen molar-refractivity contribution in [2.24, 2.45) is 0 Å². The van der Waals surface area contributed by atoms with E-state index in [2.05, 4.69) is 27.4 Å². The lowest BCUT2D eigenvalue weighted by Crippen LogP contribution is -2.20. The zero-order chi connectivity index (χ0) is 15.2. The summed E-state index contributed by atoms with van der Waals surface area (Å²) in [5, 5.41) is 11.9. The molecule has 0 aliphatic carbocycles. The third kappa shape index (κ3) is 4.19. The molecule has 0 amide bonds. The van der Waals surface area contributed by atoms with Crippen LogP contribution in [0, 0.1) is 0 Å². The van der Waals surface area contributed by atoms with E-state index in [1.807, 2.05) is 18.0 Å². The predicted octanol–water partition coefficient (Wildman–Crippen LogP) is 4.16. The fourth-order valence-electron chi connectivity index (χ4n) is 1.76. The molecule has 0 unspecified atom stereocenters. The van der Waals surface area contributed by atoms with Crippen molar-refractivity contribution >= 4 is 40.7 Å². The third-order valence-electron chi connectivity index (χ3n) is 2.98. The molecule has 1 N–H and O–H groups in total.